The van der Waals surface area contributed by atoms with E-state index in [4.69, 9.17) is 5.73 Å². The molecule has 0 aliphatic rings. The Hall–Kier alpha value is -0.860. The van der Waals surface area contributed by atoms with Crippen LogP contribution in [0.3, 0.4) is 0 Å². The van der Waals surface area contributed by atoms with Gasteiger partial charge in [-0.3, -0.25) is 0 Å². The van der Waals surface area contributed by atoms with Gasteiger partial charge in [0.15, 0.2) is 10.7 Å². The average Bonchev–Trinajstić information content (AvgIpc) is 2.66. The summed E-state index contributed by atoms with van der Waals surface area (Å²) in [6, 6.07) is 0. The molecule has 1 rings (SSSR count). The van der Waals surface area contributed by atoms with Crippen LogP contribution in [0.25, 0.3) is 0 Å². The molecular formula is C12H24N4O2S2. The highest BCUT2D eigenvalue weighted by Gasteiger charge is 2.28. The molecule has 0 amide bonds. The minimum absolute atomic E-state index is 0.0506. The number of nitrogens with one attached hydrogen (secondary N) is 1. The number of anilines is 2. The van der Waals surface area contributed by atoms with Crippen LogP contribution >= 0.6 is 11.5 Å². The summed E-state index contributed by atoms with van der Waals surface area (Å²) >= 11 is 1.08. The van der Waals surface area contributed by atoms with E-state index in [2.05, 4.69) is 37.4 Å². The Balaban J connectivity index is 3.00. The molecular weight excluding hydrogens is 296 g/mol. The molecule has 0 aliphatic carbocycles. The van der Waals surface area contributed by atoms with Crippen molar-refractivity contribution in [2.45, 2.75) is 32.6 Å². The van der Waals surface area contributed by atoms with Crippen LogP contribution in [0.4, 0.5) is 10.8 Å². The largest absolute Gasteiger partial charge is 0.382 e. The summed E-state index contributed by atoms with van der Waals surface area (Å²) in [6.07, 6.45) is 0. The first-order valence-electron chi connectivity index (χ1n) is 6.39. The SMILES string of the molecule is CC(CNc1snc(N)c1S(=O)(=O)N(C)C)C(C)(C)C. The number of sulfonamides is 1. The van der Waals surface area contributed by atoms with E-state index < -0.39 is 10.0 Å². The molecule has 0 saturated heterocycles. The second kappa shape index (κ2) is 5.87. The average molecular weight is 320 g/mol. The summed E-state index contributed by atoms with van der Waals surface area (Å²) in [5.41, 5.74) is 5.85. The first-order chi connectivity index (χ1) is 8.98. The third kappa shape index (κ3) is 3.62. The smallest absolute Gasteiger partial charge is 0.249 e. The molecule has 3 N–H and O–H groups in total. The molecule has 8 heteroatoms. The van der Waals surface area contributed by atoms with E-state index in [0.29, 0.717) is 17.5 Å². The molecule has 1 aromatic heterocycles. The topological polar surface area (TPSA) is 88.3 Å². The Labute approximate surface area is 125 Å². The van der Waals surface area contributed by atoms with Gasteiger partial charge in [-0.2, -0.15) is 4.37 Å². The molecule has 20 heavy (non-hydrogen) atoms. The Morgan fingerprint density at radius 3 is 2.40 bits per heavy atom. The summed E-state index contributed by atoms with van der Waals surface area (Å²) in [4.78, 5) is 0.0774. The molecule has 0 spiro atoms. The molecule has 0 fully saturated rings. The third-order valence-corrected chi connectivity index (χ3v) is 6.30. The van der Waals surface area contributed by atoms with E-state index in [9.17, 15) is 8.42 Å². The van der Waals surface area contributed by atoms with Gasteiger partial charge in [-0.25, -0.2) is 12.7 Å². The van der Waals surface area contributed by atoms with Crippen molar-refractivity contribution in [2.24, 2.45) is 11.3 Å². The van der Waals surface area contributed by atoms with Crippen LogP contribution in [-0.4, -0.2) is 37.7 Å². The fourth-order valence-electron chi connectivity index (χ4n) is 1.39. The molecule has 6 nitrogen and oxygen atoms in total. The van der Waals surface area contributed by atoms with E-state index >= 15 is 0 Å². The highest BCUT2D eigenvalue weighted by molar-refractivity contribution is 7.89. The Kier molecular flexibility index (Phi) is 5.04. The fourth-order valence-corrected chi connectivity index (χ4v) is 3.47. The van der Waals surface area contributed by atoms with Crippen LogP contribution in [0.15, 0.2) is 4.90 Å². The van der Waals surface area contributed by atoms with Crippen molar-refractivity contribution in [1.29, 1.82) is 0 Å². The zero-order valence-electron chi connectivity index (χ0n) is 12.9. The highest BCUT2D eigenvalue weighted by atomic mass is 32.2. The molecule has 116 valence electrons. The van der Waals surface area contributed by atoms with Crippen LogP contribution < -0.4 is 11.1 Å². The number of nitrogens with two attached hydrogens (primary N) is 1. The first-order valence-corrected chi connectivity index (χ1v) is 8.60. The van der Waals surface area contributed by atoms with Gasteiger partial charge in [0.2, 0.25) is 10.0 Å². The zero-order chi connectivity index (χ0) is 15.7. The molecule has 0 aromatic carbocycles. The molecule has 1 atom stereocenters. The minimum Gasteiger partial charge on any atom is -0.382 e. The maximum absolute atomic E-state index is 12.2. The van der Waals surface area contributed by atoms with Crippen LogP contribution in [0.5, 0.6) is 0 Å². The first kappa shape index (κ1) is 17.2. The number of hydrogen-bond donors (Lipinski definition) is 2. The third-order valence-electron chi connectivity index (χ3n) is 3.46. The zero-order valence-corrected chi connectivity index (χ0v) is 14.5. The van der Waals surface area contributed by atoms with Crippen molar-refractivity contribution in [3.8, 4) is 0 Å². The quantitative estimate of drug-likeness (QED) is 0.867. The lowest BCUT2D eigenvalue weighted by Crippen LogP contribution is -2.26. The van der Waals surface area contributed by atoms with Crippen molar-refractivity contribution in [3.63, 3.8) is 0 Å². The number of hydrogen-bond acceptors (Lipinski definition) is 6. The van der Waals surface area contributed by atoms with Gasteiger partial charge in [-0.1, -0.05) is 27.7 Å². The van der Waals surface area contributed by atoms with Gasteiger partial charge in [0.05, 0.1) is 0 Å². The van der Waals surface area contributed by atoms with Gasteiger partial charge in [0, 0.05) is 20.6 Å². The van der Waals surface area contributed by atoms with Gasteiger partial charge in [0.1, 0.15) is 5.00 Å². The Morgan fingerprint density at radius 1 is 1.40 bits per heavy atom. The maximum Gasteiger partial charge on any atom is 0.249 e. The maximum atomic E-state index is 12.2. The predicted molar refractivity (Wildman–Crippen MR) is 84.5 cm³/mol. The lowest BCUT2D eigenvalue weighted by Gasteiger charge is -2.27. The van der Waals surface area contributed by atoms with Crippen molar-refractivity contribution in [3.05, 3.63) is 0 Å². The van der Waals surface area contributed by atoms with Crippen LogP contribution in [0.2, 0.25) is 0 Å². The molecule has 1 unspecified atom stereocenters. The second-order valence-corrected chi connectivity index (χ2v) is 9.02. The monoisotopic (exact) mass is 320 g/mol. The molecule has 1 aromatic rings. The molecule has 0 aliphatic heterocycles. The highest BCUT2D eigenvalue weighted by Crippen LogP contribution is 2.34. The fraction of sp³-hybridized carbons (Fsp3) is 0.750. The molecule has 0 saturated carbocycles. The van der Waals surface area contributed by atoms with Gasteiger partial charge in [0.25, 0.3) is 0 Å². The van der Waals surface area contributed by atoms with Crippen molar-refractivity contribution < 1.29 is 8.42 Å². The van der Waals surface area contributed by atoms with Crippen LogP contribution in [0.1, 0.15) is 27.7 Å². The van der Waals surface area contributed by atoms with E-state index in [1.807, 2.05) is 0 Å². The van der Waals surface area contributed by atoms with Gasteiger partial charge in [-0.15, -0.1) is 0 Å². The summed E-state index contributed by atoms with van der Waals surface area (Å²) in [7, 11) is -0.624. The molecule has 1 heterocycles. The second-order valence-electron chi connectivity index (χ2n) is 6.16. The minimum atomic E-state index is -3.58. The van der Waals surface area contributed by atoms with Crippen LogP contribution in [0, 0.1) is 11.3 Å². The summed E-state index contributed by atoms with van der Waals surface area (Å²) in [5.74, 6) is 0.426. The van der Waals surface area contributed by atoms with E-state index in [0.717, 1.165) is 15.8 Å². The van der Waals surface area contributed by atoms with E-state index in [1.165, 1.54) is 14.1 Å². The number of nitrogen functional groups attached to an aromatic ring is 1. The van der Waals surface area contributed by atoms with Gasteiger partial charge < -0.3 is 11.1 Å². The lowest BCUT2D eigenvalue weighted by atomic mass is 9.82. The molecule has 0 radical (unpaired) electrons. The Morgan fingerprint density at radius 2 is 1.95 bits per heavy atom. The number of nitrogens with zero attached hydrogens (tertiary/aromatic N) is 2. The summed E-state index contributed by atoms with van der Waals surface area (Å²) in [5, 5.41) is 3.68. The van der Waals surface area contributed by atoms with Crippen molar-refractivity contribution in [2.75, 3.05) is 31.7 Å². The Bertz CT molecular complexity index is 559. The summed E-state index contributed by atoms with van der Waals surface area (Å²) in [6.45, 7) is 9.24. The molecule has 0 bridgehead atoms. The normalized spacial score (nSPS) is 14.6. The van der Waals surface area contributed by atoms with Crippen molar-refractivity contribution in [1.82, 2.24) is 8.68 Å². The van der Waals surface area contributed by atoms with Gasteiger partial charge >= 0.3 is 0 Å². The van der Waals surface area contributed by atoms with E-state index in [-0.39, 0.29) is 16.1 Å². The van der Waals surface area contributed by atoms with Crippen LogP contribution in [-0.2, 0) is 10.0 Å². The van der Waals surface area contributed by atoms with Crippen molar-refractivity contribution >= 4 is 32.4 Å². The number of aromatic nitrogens is 1. The predicted octanol–water partition coefficient (Wildman–Crippen LogP) is 2.07. The summed E-state index contributed by atoms with van der Waals surface area (Å²) < 4.78 is 29.6. The lowest BCUT2D eigenvalue weighted by molar-refractivity contribution is 0.274. The van der Waals surface area contributed by atoms with E-state index in [1.54, 1.807) is 0 Å². The standard InChI is InChI=1S/C12H24N4O2S2/c1-8(12(2,3)4)7-14-11-9(10(13)15-19-11)20(17,18)16(5)6/h8,14H,7H2,1-6H3,(H2,13,15). The number of rotatable bonds is 5. The van der Waals surface area contributed by atoms with Gasteiger partial charge in [-0.05, 0) is 22.9 Å².